The Balaban J connectivity index is 1.98. The zero-order chi connectivity index (χ0) is 16.1. The molecule has 1 fully saturated rings. The second-order valence-corrected chi connectivity index (χ2v) is 7.22. The van der Waals surface area contributed by atoms with E-state index in [1.165, 1.54) is 40.6 Å². The summed E-state index contributed by atoms with van der Waals surface area (Å²) < 4.78 is 2.43. The Morgan fingerprint density at radius 1 is 1.13 bits per heavy atom. The summed E-state index contributed by atoms with van der Waals surface area (Å²) in [5, 5.41) is 2.06. The molecule has 2 nitrogen and oxygen atoms in total. The van der Waals surface area contributed by atoms with E-state index in [-0.39, 0.29) is 0 Å². The van der Waals surface area contributed by atoms with E-state index in [1.54, 1.807) is 0 Å². The Hall–Kier alpha value is -1.80. The molecule has 0 unspecified atom stereocenters. The topological polar surface area (TPSA) is 17.8 Å². The Kier molecular flexibility index (Phi) is 3.46. The predicted molar refractivity (Wildman–Crippen MR) is 97.1 cm³/mol. The predicted octanol–water partition coefficient (Wildman–Crippen LogP) is 5.69. The SMILES string of the molecule is Cc1cc(-c2ccc(Cl)cc2)c2c(C)c(C)n(CC3CC3)c2n1. The summed E-state index contributed by atoms with van der Waals surface area (Å²) in [6.07, 6.45) is 2.71. The highest BCUT2D eigenvalue weighted by molar-refractivity contribution is 6.30. The first kappa shape index (κ1) is 14.8. The second kappa shape index (κ2) is 5.38. The maximum Gasteiger partial charge on any atom is 0.141 e. The molecule has 0 atom stereocenters. The Bertz CT molecular complexity index is 886. The van der Waals surface area contributed by atoms with E-state index in [4.69, 9.17) is 16.6 Å². The van der Waals surface area contributed by atoms with Gasteiger partial charge in [0.2, 0.25) is 0 Å². The molecule has 118 valence electrons. The van der Waals surface area contributed by atoms with Gasteiger partial charge in [-0.1, -0.05) is 23.7 Å². The summed E-state index contributed by atoms with van der Waals surface area (Å²) in [5.74, 6) is 0.838. The van der Waals surface area contributed by atoms with Crippen molar-refractivity contribution in [3.05, 3.63) is 52.3 Å². The number of aryl methyl sites for hydroxylation is 2. The number of aromatic nitrogens is 2. The van der Waals surface area contributed by atoms with Crippen LogP contribution in [0.25, 0.3) is 22.2 Å². The molecule has 4 rings (SSSR count). The molecule has 0 spiro atoms. The van der Waals surface area contributed by atoms with Gasteiger partial charge in [-0.3, -0.25) is 0 Å². The Labute approximate surface area is 142 Å². The maximum atomic E-state index is 6.06. The lowest BCUT2D eigenvalue weighted by Gasteiger charge is -2.09. The summed E-state index contributed by atoms with van der Waals surface area (Å²) in [4.78, 5) is 4.88. The van der Waals surface area contributed by atoms with Crippen LogP contribution in [-0.2, 0) is 6.54 Å². The maximum absolute atomic E-state index is 6.06. The van der Waals surface area contributed by atoms with Crippen molar-refractivity contribution in [2.45, 2.75) is 40.2 Å². The van der Waals surface area contributed by atoms with E-state index in [0.29, 0.717) is 0 Å². The molecule has 0 bridgehead atoms. The Morgan fingerprint density at radius 2 is 1.83 bits per heavy atom. The average molecular weight is 325 g/mol. The van der Waals surface area contributed by atoms with E-state index in [2.05, 4.69) is 43.5 Å². The fraction of sp³-hybridized carbons (Fsp3) is 0.350. The molecule has 0 N–H and O–H groups in total. The molecule has 3 heteroatoms. The minimum atomic E-state index is 0.773. The van der Waals surface area contributed by atoms with E-state index in [9.17, 15) is 0 Å². The highest BCUT2D eigenvalue weighted by Crippen LogP contribution is 2.37. The number of hydrogen-bond acceptors (Lipinski definition) is 1. The summed E-state index contributed by atoms with van der Waals surface area (Å²) in [6.45, 7) is 7.63. The van der Waals surface area contributed by atoms with Crippen LogP contribution in [0.15, 0.2) is 30.3 Å². The lowest BCUT2D eigenvalue weighted by atomic mass is 10.00. The van der Waals surface area contributed by atoms with E-state index in [1.807, 2.05) is 12.1 Å². The number of halogens is 1. The molecule has 0 aliphatic heterocycles. The standard InChI is InChI=1S/C20H21ClN2/c1-12-10-18(16-6-8-17(21)9-7-16)19-13(2)14(3)23(20(19)22-12)11-15-4-5-15/h6-10,15H,4-5,11H2,1-3H3. The summed E-state index contributed by atoms with van der Waals surface area (Å²) in [6, 6.07) is 10.3. The van der Waals surface area contributed by atoms with Gasteiger partial charge in [-0.25, -0.2) is 4.98 Å². The van der Waals surface area contributed by atoms with Gasteiger partial charge in [0, 0.05) is 28.3 Å². The number of fused-ring (bicyclic) bond motifs is 1. The van der Waals surface area contributed by atoms with Crippen LogP contribution in [0, 0.1) is 26.7 Å². The molecule has 0 saturated heterocycles. The smallest absolute Gasteiger partial charge is 0.141 e. The van der Waals surface area contributed by atoms with Gasteiger partial charge in [0.1, 0.15) is 5.65 Å². The van der Waals surface area contributed by atoms with Gasteiger partial charge in [-0.2, -0.15) is 0 Å². The van der Waals surface area contributed by atoms with Gasteiger partial charge in [0.05, 0.1) is 0 Å². The fourth-order valence-corrected chi connectivity index (χ4v) is 3.53. The lowest BCUT2D eigenvalue weighted by Crippen LogP contribution is -2.03. The van der Waals surface area contributed by atoms with E-state index < -0.39 is 0 Å². The van der Waals surface area contributed by atoms with Crippen LogP contribution in [0.2, 0.25) is 5.02 Å². The van der Waals surface area contributed by atoms with Gasteiger partial charge in [0.25, 0.3) is 0 Å². The van der Waals surface area contributed by atoms with Crippen LogP contribution in [0.1, 0.15) is 29.8 Å². The summed E-state index contributed by atoms with van der Waals surface area (Å²) >= 11 is 6.06. The average Bonchev–Trinajstić information content (AvgIpc) is 3.31. The number of rotatable bonds is 3. The first-order chi connectivity index (χ1) is 11.0. The first-order valence-corrected chi connectivity index (χ1v) is 8.65. The van der Waals surface area contributed by atoms with Gasteiger partial charge in [0.15, 0.2) is 0 Å². The van der Waals surface area contributed by atoms with Crippen molar-refractivity contribution in [3.63, 3.8) is 0 Å². The fourth-order valence-electron chi connectivity index (χ4n) is 3.40. The molecule has 1 saturated carbocycles. The molecule has 0 radical (unpaired) electrons. The van der Waals surface area contributed by atoms with Crippen molar-refractivity contribution in [1.82, 2.24) is 9.55 Å². The van der Waals surface area contributed by atoms with Crippen molar-refractivity contribution in [2.24, 2.45) is 5.92 Å². The third-order valence-corrected chi connectivity index (χ3v) is 5.25. The highest BCUT2D eigenvalue weighted by atomic mass is 35.5. The summed E-state index contributed by atoms with van der Waals surface area (Å²) in [7, 11) is 0. The highest BCUT2D eigenvalue weighted by Gasteiger charge is 2.25. The summed E-state index contributed by atoms with van der Waals surface area (Å²) in [5.41, 5.74) is 7.36. The van der Waals surface area contributed by atoms with E-state index in [0.717, 1.165) is 28.8 Å². The van der Waals surface area contributed by atoms with Crippen molar-refractivity contribution in [3.8, 4) is 11.1 Å². The van der Waals surface area contributed by atoms with Crippen LogP contribution in [0.4, 0.5) is 0 Å². The van der Waals surface area contributed by atoms with Gasteiger partial charge < -0.3 is 4.57 Å². The zero-order valence-corrected chi connectivity index (χ0v) is 14.6. The molecule has 1 aromatic carbocycles. The number of nitrogens with zero attached hydrogens (tertiary/aromatic N) is 2. The van der Waals surface area contributed by atoms with Crippen molar-refractivity contribution in [2.75, 3.05) is 0 Å². The molecule has 1 aliphatic carbocycles. The van der Waals surface area contributed by atoms with Crippen LogP contribution in [0.5, 0.6) is 0 Å². The van der Waals surface area contributed by atoms with Gasteiger partial charge in [-0.15, -0.1) is 0 Å². The quantitative estimate of drug-likeness (QED) is 0.605. The van der Waals surface area contributed by atoms with Crippen LogP contribution in [0.3, 0.4) is 0 Å². The van der Waals surface area contributed by atoms with Crippen molar-refractivity contribution in [1.29, 1.82) is 0 Å². The minimum Gasteiger partial charge on any atom is -0.329 e. The molecule has 0 amide bonds. The Morgan fingerprint density at radius 3 is 2.48 bits per heavy atom. The first-order valence-electron chi connectivity index (χ1n) is 8.27. The molecule has 1 aliphatic rings. The number of pyridine rings is 1. The zero-order valence-electron chi connectivity index (χ0n) is 13.9. The van der Waals surface area contributed by atoms with E-state index >= 15 is 0 Å². The second-order valence-electron chi connectivity index (χ2n) is 6.78. The third-order valence-electron chi connectivity index (χ3n) is 5.00. The molecule has 2 heterocycles. The van der Waals surface area contributed by atoms with Crippen LogP contribution in [-0.4, -0.2) is 9.55 Å². The van der Waals surface area contributed by atoms with Gasteiger partial charge >= 0.3 is 0 Å². The van der Waals surface area contributed by atoms with Gasteiger partial charge in [-0.05, 0) is 74.4 Å². The van der Waals surface area contributed by atoms with Crippen molar-refractivity contribution < 1.29 is 0 Å². The largest absolute Gasteiger partial charge is 0.329 e. The minimum absolute atomic E-state index is 0.773. The molecule has 3 aromatic rings. The third kappa shape index (κ3) is 2.55. The van der Waals surface area contributed by atoms with Crippen molar-refractivity contribution >= 4 is 22.6 Å². The number of hydrogen-bond donors (Lipinski definition) is 0. The van der Waals surface area contributed by atoms with Crippen LogP contribution < -0.4 is 0 Å². The molecule has 2 aromatic heterocycles. The number of benzene rings is 1. The normalized spacial score (nSPS) is 14.6. The van der Waals surface area contributed by atoms with Crippen LogP contribution >= 0.6 is 11.6 Å². The lowest BCUT2D eigenvalue weighted by molar-refractivity contribution is 0.627. The molecular formula is C20H21ClN2. The molecule has 23 heavy (non-hydrogen) atoms. The molecular weight excluding hydrogens is 304 g/mol. The monoisotopic (exact) mass is 324 g/mol.